The second-order valence-corrected chi connectivity index (χ2v) is 10.6. The van der Waals surface area contributed by atoms with Gasteiger partial charge in [0.15, 0.2) is 15.5 Å². The molecule has 7 heteroatoms. The third kappa shape index (κ3) is 4.71. The summed E-state index contributed by atoms with van der Waals surface area (Å²) < 4.78 is 25.9. The summed E-state index contributed by atoms with van der Waals surface area (Å²) in [5, 5.41) is 7.47. The fourth-order valence-electron chi connectivity index (χ4n) is 3.85. The first-order valence-corrected chi connectivity index (χ1v) is 12.3. The summed E-state index contributed by atoms with van der Waals surface area (Å²) in [5.74, 6) is -0.0687. The Morgan fingerprint density at radius 1 is 1.06 bits per heavy atom. The number of rotatable bonds is 5. The summed E-state index contributed by atoms with van der Waals surface area (Å²) in [7, 11) is -3.08. The molecule has 1 aromatic heterocycles. The first-order chi connectivity index (χ1) is 14.7. The van der Waals surface area contributed by atoms with Gasteiger partial charge in [0.25, 0.3) is 5.91 Å². The molecule has 0 unspecified atom stereocenters. The Kier molecular flexibility index (Phi) is 5.71. The van der Waals surface area contributed by atoms with Crippen molar-refractivity contribution in [2.75, 3.05) is 11.5 Å². The Hall–Kier alpha value is -2.93. The predicted octanol–water partition coefficient (Wildman–Crippen LogP) is 3.76. The minimum Gasteiger partial charge on any atom is -0.347 e. The quantitative estimate of drug-likeness (QED) is 0.659. The zero-order valence-electron chi connectivity index (χ0n) is 18.1. The smallest absolute Gasteiger partial charge is 0.272 e. The molecule has 6 nitrogen and oxygen atoms in total. The molecule has 1 amide bonds. The van der Waals surface area contributed by atoms with Crippen molar-refractivity contribution in [3.8, 4) is 11.3 Å². The lowest BCUT2D eigenvalue weighted by molar-refractivity contribution is 0.0945. The maximum absolute atomic E-state index is 12.8. The van der Waals surface area contributed by atoms with Crippen LogP contribution in [0, 0.1) is 20.8 Å². The van der Waals surface area contributed by atoms with E-state index in [2.05, 4.69) is 16.5 Å². The van der Waals surface area contributed by atoms with Gasteiger partial charge in [-0.15, -0.1) is 0 Å². The standard InChI is InChI=1S/C24H27N3O3S/c1-16-4-7-19(8-5-16)14-25-24(28)22-13-23(20-9-6-17(2)18(3)12-20)27(26-22)21-10-11-31(29,30)15-21/h4-9,12-13,21H,10-11,14-15H2,1-3H3,(H,25,28)/t21-/m1/s1. The van der Waals surface area contributed by atoms with Gasteiger partial charge >= 0.3 is 0 Å². The lowest BCUT2D eigenvalue weighted by Crippen LogP contribution is -2.24. The topological polar surface area (TPSA) is 81.1 Å². The van der Waals surface area contributed by atoms with Gasteiger partial charge in [-0.1, -0.05) is 42.0 Å². The van der Waals surface area contributed by atoms with E-state index in [9.17, 15) is 13.2 Å². The molecule has 1 atom stereocenters. The number of carbonyl (C=O) groups excluding carboxylic acids is 1. The highest BCUT2D eigenvalue weighted by Crippen LogP contribution is 2.31. The first-order valence-electron chi connectivity index (χ1n) is 10.4. The second kappa shape index (κ2) is 8.30. The first kappa shape index (κ1) is 21.3. The van der Waals surface area contributed by atoms with Crippen LogP contribution in [0.4, 0.5) is 0 Å². The normalized spacial score (nSPS) is 17.6. The van der Waals surface area contributed by atoms with Crippen LogP contribution in [0.2, 0.25) is 0 Å². The summed E-state index contributed by atoms with van der Waals surface area (Å²) in [6.45, 7) is 6.51. The Bertz CT molecular complexity index is 1230. The third-order valence-corrected chi connectivity index (χ3v) is 7.65. The van der Waals surface area contributed by atoms with Crippen LogP contribution < -0.4 is 5.32 Å². The van der Waals surface area contributed by atoms with Crippen LogP contribution in [-0.4, -0.2) is 35.6 Å². The van der Waals surface area contributed by atoms with Crippen LogP contribution in [0.1, 0.15) is 45.2 Å². The van der Waals surface area contributed by atoms with Crippen LogP contribution >= 0.6 is 0 Å². The SMILES string of the molecule is Cc1ccc(CNC(=O)c2cc(-c3ccc(C)c(C)c3)n([C@@H]3CCS(=O)(=O)C3)n2)cc1. The van der Waals surface area contributed by atoms with Crippen molar-refractivity contribution in [3.63, 3.8) is 0 Å². The minimum absolute atomic E-state index is 0.0525. The fraction of sp³-hybridized carbons (Fsp3) is 0.333. The molecule has 0 radical (unpaired) electrons. The van der Waals surface area contributed by atoms with Crippen molar-refractivity contribution >= 4 is 15.7 Å². The van der Waals surface area contributed by atoms with Gasteiger partial charge in [-0.25, -0.2) is 8.42 Å². The largest absolute Gasteiger partial charge is 0.347 e. The number of nitrogens with one attached hydrogen (secondary N) is 1. The van der Waals surface area contributed by atoms with E-state index in [1.54, 1.807) is 10.7 Å². The van der Waals surface area contributed by atoms with Gasteiger partial charge in [-0.2, -0.15) is 5.10 Å². The zero-order valence-corrected chi connectivity index (χ0v) is 18.9. The zero-order chi connectivity index (χ0) is 22.2. The van der Waals surface area contributed by atoms with Crippen molar-refractivity contribution in [1.82, 2.24) is 15.1 Å². The Morgan fingerprint density at radius 2 is 1.81 bits per heavy atom. The summed E-state index contributed by atoms with van der Waals surface area (Å²) in [4.78, 5) is 12.8. The maximum atomic E-state index is 12.8. The molecule has 1 saturated heterocycles. The number of hydrogen-bond acceptors (Lipinski definition) is 4. The van der Waals surface area contributed by atoms with Crippen LogP contribution in [-0.2, 0) is 16.4 Å². The average Bonchev–Trinajstić information content (AvgIpc) is 3.33. The maximum Gasteiger partial charge on any atom is 0.272 e. The fourth-order valence-corrected chi connectivity index (χ4v) is 5.54. The van der Waals surface area contributed by atoms with Crippen LogP contribution in [0.3, 0.4) is 0 Å². The number of nitrogens with zero attached hydrogens (tertiary/aromatic N) is 2. The molecule has 0 spiro atoms. The van der Waals surface area contributed by atoms with Crippen molar-refractivity contribution in [1.29, 1.82) is 0 Å². The van der Waals surface area contributed by atoms with E-state index in [4.69, 9.17) is 0 Å². The molecule has 1 fully saturated rings. The van der Waals surface area contributed by atoms with Crippen LogP contribution in [0.5, 0.6) is 0 Å². The van der Waals surface area contributed by atoms with E-state index in [1.165, 1.54) is 11.1 Å². The highest BCUT2D eigenvalue weighted by molar-refractivity contribution is 7.91. The highest BCUT2D eigenvalue weighted by atomic mass is 32.2. The van der Waals surface area contributed by atoms with Gasteiger partial charge in [0.05, 0.1) is 23.2 Å². The van der Waals surface area contributed by atoms with Crippen LogP contribution in [0.25, 0.3) is 11.3 Å². The van der Waals surface area contributed by atoms with E-state index in [0.717, 1.165) is 22.4 Å². The molecule has 162 valence electrons. The van der Waals surface area contributed by atoms with Crippen molar-refractivity contribution in [3.05, 3.63) is 76.5 Å². The summed E-state index contributed by atoms with van der Waals surface area (Å²) >= 11 is 0. The van der Waals surface area contributed by atoms with E-state index in [0.29, 0.717) is 18.7 Å². The number of amides is 1. The van der Waals surface area contributed by atoms with Gasteiger partial charge in [-0.05, 0) is 56.0 Å². The molecule has 0 bridgehead atoms. The molecule has 2 aromatic carbocycles. The molecule has 1 N–H and O–H groups in total. The minimum atomic E-state index is -3.08. The number of carbonyl (C=O) groups is 1. The average molecular weight is 438 g/mol. The van der Waals surface area contributed by atoms with Gasteiger partial charge in [0.1, 0.15) is 0 Å². The van der Waals surface area contributed by atoms with Crippen molar-refractivity contribution in [2.24, 2.45) is 0 Å². The molecule has 3 aromatic rings. The third-order valence-electron chi connectivity index (χ3n) is 5.90. The van der Waals surface area contributed by atoms with Crippen molar-refractivity contribution < 1.29 is 13.2 Å². The Labute approximate surface area is 183 Å². The van der Waals surface area contributed by atoms with Crippen molar-refractivity contribution in [2.45, 2.75) is 39.8 Å². The lowest BCUT2D eigenvalue weighted by atomic mass is 10.0. The highest BCUT2D eigenvalue weighted by Gasteiger charge is 2.32. The number of hydrogen-bond donors (Lipinski definition) is 1. The van der Waals surface area contributed by atoms with Gasteiger partial charge in [0.2, 0.25) is 0 Å². The van der Waals surface area contributed by atoms with Gasteiger partial charge in [0, 0.05) is 12.1 Å². The van der Waals surface area contributed by atoms with Crippen LogP contribution in [0.15, 0.2) is 48.5 Å². The summed E-state index contributed by atoms with van der Waals surface area (Å²) in [6.07, 6.45) is 0.506. The molecule has 1 aliphatic rings. The number of aromatic nitrogens is 2. The Morgan fingerprint density at radius 3 is 2.45 bits per heavy atom. The van der Waals surface area contributed by atoms with E-state index >= 15 is 0 Å². The molecule has 4 rings (SSSR count). The molecule has 31 heavy (non-hydrogen) atoms. The molecule has 0 saturated carbocycles. The lowest BCUT2D eigenvalue weighted by Gasteiger charge is -2.14. The molecule has 1 aliphatic heterocycles. The summed E-state index contributed by atoms with van der Waals surface area (Å²) in [6, 6.07) is 15.6. The number of aryl methyl sites for hydroxylation is 3. The van der Waals surface area contributed by atoms with E-state index < -0.39 is 9.84 Å². The van der Waals surface area contributed by atoms with E-state index in [1.807, 2.05) is 57.2 Å². The second-order valence-electron chi connectivity index (χ2n) is 8.38. The molecular formula is C24H27N3O3S. The number of sulfone groups is 1. The van der Waals surface area contributed by atoms with E-state index in [-0.39, 0.29) is 23.5 Å². The molecule has 0 aliphatic carbocycles. The number of benzene rings is 2. The molecular weight excluding hydrogens is 410 g/mol. The predicted molar refractivity (Wildman–Crippen MR) is 122 cm³/mol. The molecule has 2 heterocycles. The monoisotopic (exact) mass is 437 g/mol. The van der Waals surface area contributed by atoms with Gasteiger partial charge in [-0.3, -0.25) is 9.48 Å². The Balaban J connectivity index is 1.64. The van der Waals surface area contributed by atoms with Gasteiger partial charge < -0.3 is 5.32 Å². The summed E-state index contributed by atoms with van der Waals surface area (Å²) in [5.41, 5.74) is 6.48.